The van der Waals surface area contributed by atoms with E-state index in [0.717, 1.165) is 10.1 Å². The lowest BCUT2D eigenvalue weighted by atomic mass is 10.2. The summed E-state index contributed by atoms with van der Waals surface area (Å²) in [6, 6.07) is 7.19. The zero-order valence-electron chi connectivity index (χ0n) is 10.6. The van der Waals surface area contributed by atoms with Crippen molar-refractivity contribution in [3.63, 3.8) is 0 Å². The van der Waals surface area contributed by atoms with E-state index in [1.54, 1.807) is 18.2 Å². The highest BCUT2D eigenvalue weighted by Crippen LogP contribution is 2.14. The maximum absolute atomic E-state index is 12.3. The molecule has 0 fully saturated rings. The molecule has 1 aliphatic rings. The number of benzene rings is 1. The molecular weight excluding hydrogens is 278 g/mol. The number of rotatable bonds is 1. The Bertz CT molecular complexity index is 848. The number of carbonyl (C=O) groups excluding carboxylic acids is 1. The monoisotopic (exact) mass is 289 g/mol. The Hall–Kier alpha value is -2.14. The lowest BCUT2D eigenvalue weighted by Gasteiger charge is -1.95. The van der Waals surface area contributed by atoms with Crippen LogP contribution in [-0.2, 0) is 0 Å². The van der Waals surface area contributed by atoms with Crippen LogP contribution in [0, 0.1) is 0 Å². The van der Waals surface area contributed by atoms with Crippen LogP contribution < -0.4 is 16.5 Å². The first kappa shape index (κ1) is 12.9. The molecule has 0 spiro atoms. The second-order valence-electron chi connectivity index (χ2n) is 4.55. The number of hydrogen-bond acceptors (Lipinski definition) is 3. The minimum Gasteiger partial charge on any atom is -0.321 e. The van der Waals surface area contributed by atoms with Gasteiger partial charge in [0.25, 0.3) is 5.56 Å². The van der Waals surface area contributed by atoms with Crippen LogP contribution in [0.25, 0.3) is 6.08 Å². The van der Waals surface area contributed by atoms with Crippen LogP contribution in [0.15, 0.2) is 34.1 Å². The molecule has 2 aromatic rings. The molecule has 1 N–H and O–H groups in total. The minimum atomic E-state index is -0.379. The van der Waals surface area contributed by atoms with Crippen molar-refractivity contribution in [1.29, 1.82) is 0 Å². The summed E-state index contributed by atoms with van der Waals surface area (Å²) in [5.41, 5.74) is 0.655. The SMILES string of the molecule is O=C1CCCN=c2[nH]/c(=C\c3ccccc3Cl)c(=O)n21. The number of fused-ring (bicyclic) bond motifs is 1. The lowest BCUT2D eigenvalue weighted by Crippen LogP contribution is -2.35. The van der Waals surface area contributed by atoms with Crippen LogP contribution in [0.2, 0.25) is 5.02 Å². The molecule has 5 nitrogen and oxygen atoms in total. The Morgan fingerprint density at radius 3 is 2.90 bits per heavy atom. The molecule has 0 radical (unpaired) electrons. The second-order valence-corrected chi connectivity index (χ2v) is 4.95. The van der Waals surface area contributed by atoms with Crippen LogP contribution in [0.4, 0.5) is 0 Å². The quantitative estimate of drug-likeness (QED) is 0.840. The number of aromatic amines is 1. The number of imidazole rings is 1. The summed E-state index contributed by atoms with van der Waals surface area (Å²) in [6.07, 6.45) is 2.63. The Morgan fingerprint density at radius 1 is 1.30 bits per heavy atom. The fraction of sp³-hybridized carbons (Fsp3) is 0.214. The number of halogens is 1. The molecule has 0 unspecified atom stereocenters. The first-order valence-corrected chi connectivity index (χ1v) is 6.69. The standard InChI is InChI=1S/C14H12ClN3O2/c15-10-5-2-1-4-9(10)8-11-13(20)18-12(19)6-3-7-16-14(18)17-11/h1-2,4-5,8H,3,6-7H2,(H,16,17)/b11-8-. The normalized spacial score (nSPS) is 15.7. The highest BCUT2D eigenvalue weighted by Gasteiger charge is 2.15. The van der Waals surface area contributed by atoms with Crippen molar-refractivity contribution in [2.24, 2.45) is 4.99 Å². The molecule has 1 aliphatic heterocycles. The van der Waals surface area contributed by atoms with Crippen molar-refractivity contribution in [2.45, 2.75) is 12.8 Å². The zero-order valence-corrected chi connectivity index (χ0v) is 11.4. The summed E-state index contributed by atoms with van der Waals surface area (Å²) in [5.74, 6) is -0.221. The van der Waals surface area contributed by atoms with Crippen molar-refractivity contribution in [1.82, 2.24) is 9.55 Å². The molecule has 0 saturated heterocycles. The molecule has 1 aromatic carbocycles. The highest BCUT2D eigenvalue weighted by molar-refractivity contribution is 6.32. The van der Waals surface area contributed by atoms with Crippen molar-refractivity contribution >= 4 is 23.6 Å². The molecular formula is C14H12ClN3O2. The molecule has 0 aliphatic carbocycles. The van der Waals surface area contributed by atoms with Gasteiger partial charge in [-0.1, -0.05) is 29.8 Å². The smallest absolute Gasteiger partial charge is 0.283 e. The van der Waals surface area contributed by atoms with Gasteiger partial charge in [-0.15, -0.1) is 0 Å². The average Bonchev–Trinajstić information content (AvgIpc) is 2.62. The van der Waals surface area contributed by atoms with E-state index >= 15 is 0 Å². The van der Waals surface area contributed by atoms with Gasteiger partial charge in [-0.3, -0.25) is 14.6 Å². The number of carbonyl (C=O) groups is 1. The average molecular weight is 290 g/mol. The summed E-state index contributed by atoms with van der Waals surface area (Å²) in [5, 5.41) is 0.858. The van der Waals surface area contributed by atoms with E-state index in [0.29, 0.717) is 35.4 Å². The van der Waals surface area contributed by atoms with Crippen LogP contribution >= 0.6 is 11.6 Å². The van der Waals surface area contributed by atoms with Gasteiger partial charge in [-0.2, -0.15) is 0 Å². The van der Waals surface area contributed by atoms with Gasteiger partial charge < -0.3 is 4.98 Å². The highest BCUT2D eigenvalue weighted by atomic mass is 35.5. The molecule has 102 valence electrons. The van der Waals surface area contributed by atoms with Gasteiger partial charge in [0.1, 0.15) is 5.35 Å². The van der Waals surface area contributed by atoms with Crippen molar-refractivity contribution < 1.29 is 4.79 Å². The Labute approximate surface area is 119 Å². The predicted molar refractivity (Wildman–Crippen MR) is 75.6 cm³/mol. The van der Waals surface area contributed by atoms with E-state index in [9.17, 15) is 9.59 Å². The van der Waals surface area contributed by atoms with Crippen LogP contribution in [0.1, 0.15) is 23.2 Å². The molecule has 6 heteroatoms. The van der Waals surface area contributed by atoms with Gasteiger partial charge in [0.2, 0.25) is 11.5 Å². The number of nitrogens with zero attached hydrogens (tertiary/aromatic N) is 2. The molecule has 0 bridgehead atoms. The van der Waals surface area contributed by atoms with E-state index in [-0.39, 0.29) is 11.5 Å². The summed E-state index contributed by atoms with van der Waals surface area (Å²) in [7, 11) is 0. The maximum atomic E-state index is 12.3. The van der Waals surface area contributed by atoms with E-state index in [1.165, 1.54) is 0 Å². The van der Waals surface area contributed by atoms with Gasteiger partial charge in [0.05, 0.1) is 0 Å². The lowest BCUT2D eigenvalue weighted by molar-refractivity contribution is 0.0896. The zero-order chi connectivity index (χ0) is 14.1. The third-order valence-corrected chi connectivity index (χ3v) is 3.50. The second kappa shape index (κ2) is 5.09. The predicted octanol–water partition coefficient (Wildman–Crippen LogP) is 0.712. The minimum absolute atomic E-state index is 0.221. The fourth-order valence-electron chi connectivity index (χ4n) is 2.16. The largest absolute Gasteiger partial charge is 0.321 e. The van der Waals surface area contributed by atoms with Crippen molar-refractivity contribution in [3.05, 3.63) is 56.2 Å². The first-order chi connectivity index (χ1) is 9.66. The third kappa shape index (κ3) is 2.20. The number of aromatic nitrogens is 2. The van der Waals surface area contributed by atoms with E-state index in [4.69, 9.17) is 11.6 Å². The summed E-state index contributed by atoms with van der Waals surface area (Å²) >= 11 is 6.06. The molecule has 20 heavy (non-hydrogen) atoms. The van der Waals surface area contributed by atoms with E-state index < -0.39 is 0 Å². The van der Waals surface area contributed by atoms with Gasteiger partial charge in [0.15, 0.2) is 0 Å². The Morgan fingerprint density at radius 2 is 2.10 bits per heavy atom. The van der Waals surface area contributed by atoms with Gasteiger partial charge >= 0.3 is 0 Å². The summed E-state index contributed by atoms with van der Waals surface area (Å²) < 4.78 is 1.11. The maximum Gasteiger partial charge on any atom is 0.283 e. The molecule has 0 atom stereocenters. The van der Waals surface area contributed by atoms with Gasteiger partial charge in [-0.05, 0) is 24.1 Å². The van der Waals surface area contributed by atoms with Crippen LogP contribution in [0.5, 0.6) is 0 Å². The molecule has 0 amide bonds. The van der Waals surface area contributed by atoms with Crippen molar-refractivity contribution in [3.8, 4) is 0 Å². The number of H-pyrrole nitrogens is 1. The van der Waals surface area contributed by atoms with Crippen LogP contribution in [0.3, 0.4) is 0 Å². The van der Waals surface area contributed by atoms with Gasteiger partial charge in [0, 0.05) is 18.0 Å². The van der Waals surface area contributed by atoms with Crippen molar-refractivity contribution in [2.75, 3.05) is 6.54 Å². The number of hydrogen-bond donors (Lipinski definition) is 1. The summed E-state index contributed by atoms with van der Waals surface area (Å²) in [6.45, 7) is 0.539. The fourth-order valence-corrected chi connectivity index (χ4v) is 2.35. The van der Waals surface area contributed by atoms with E-state index in [1.807, 2.05) is 12.1 Å². The summed E-state index contributed by atoms with van der Waals surface area (Å²) in [4.78, 5) is 31.3. The topological polar surface area (TPSA) is 67.2 Å². The Kier molecular flexibility index (Phi) is 3.28. The first-order valence-electron chi connectivity index (χ1n) is 6.32. The molecule has 0 saturated carbocycles. The molecule has 3 rings (SSSR count). The van der Waals surface area contributed by atoms with Crippen LogP contribution in [-0.4, -0.2) is 22.0 Å². The van der Waals surface area contributed by atoms with E-state index in [2.05, 4.69) is 9.98 Å². The number of nitrogens with one attached hydrogen (secondary N) is 1. The van der Waals surface area contributed by atoms with Gasteiger partial charge in [-0.25, -0.2) is 4.57 Å². The molecule has 1 aromatic heterocycles. The molecule has 2 heterocycles. The Balaban J connectivity index is 2.25. The third-order valence-electron chi connectivity index (χ3n) is 3.16.